The molecule has 0 aliphatic rings. The van der Waals surface area contributed by atoms with Gasteiger partial charge in [-0.3, -0.25) is 0 Å². The minimum absolute atomic E-state index is 0.668. The summed E-state index contributed by atoms with van der Waals surface area (Å²) in [4.78, 5) is 0. The van der Waals surface area contributed by atoms with Crippen molar-refractivity contribution >= 4 is 36.3 Å². The molecular formula is CBr2NP. The standard InChI is InChI=1S/CBr2NP/c2-5(3)1-4. The van der Waals surface area contributed by atoms with Crippen molar-refractivity contribution in [3.05, 3.63) is 0 Å². The van der Waals surface area contributed by atoms with Gasteiger partial charge in [-0.1, -0.05) is 0 Å². The summed E-state index contributed by atoms with van der Waals surface area (Å²) in [6.07, 6.45) is 0. The summed E-state index contributed by atoms with van der Waals surface area (Å²) in [5.74, 6) is 1.93. The zero-order chi connectivity index (χ0) is 4.28. The number of rotatable bonds is 0. The summed E-state index contributed by atoms with van der Waals surface area (Å²) in [5, 5.41) is 7.16. The van der Waals surface area contributed by atoms with Crippen LogP contribution in [0.3, 0.4) is 0 Å². The van der Waals surface area contributed by atoms with Gasteiger partial charge in [-0.2, -0.15) is 5.26 Å². The number of nitriles is 1. The Morgan fingerprint density at radius 3 is 1.80 bits per heavy atom. The minimum atomic E-state index is -0.668. The molecule has 0 atom stereocenters. The van der Waals surface area contributed by atoms with Crippen LogP contribution in [0.2, 0.25) is 0 Å². The zero-order valence-corrected chi connectivity index (χ0v) is 6.22. The summed E-state index contributed by atoms with van der Waals surface area (Å²) in [6, 6.07) is 0. The van der Waals surface area contributed by atoms with Crippen LogP contribution >= 0.6 is 36.3 Å². The lowest BCUT2D eigenvalue weighted by Gasteiger charge is -1.69. The predicted molar refractivity (Wildman–Crippen MR) is 30.4 cm³/mol. The van der Waals surface area contributed by atoms with E-state index in [1.165, 1.54) is 0 Å². The summed E-state index contributed by atoms with van der Waals surface area (Å²) >= 11 is 5.99. The Hall–Kier alpha value is 0.880. The maximum absolute atomic E-state index is 7.83. The van der Waals surface area contributed by atoms with Crippen molar-refractivity contribution < 1.29 is 0 Å². The van der Waals surface area contributed by atoms with Crippen molar-refractivity contribution in [2.75, 3.05) is 0 Å². The van der Waals surface area contributed by atoms with E-state index in [-0.39, 0.29) is 0 Å². The molecule has 0 aromatic rings. The fraction of sp³-hybridized carbons (Fsp3) is 0. The quantitative estimate of drug-likeness (QED) is 0.571. The summed E-state index contributed by atoms with van der Waals surface area (Å²) < 4.78 is 0. The highest BCUT2D eigenvalue weighted by Crippen LogP contribution is 2.50. The van der Waals surface area contributed by atoms with Crippen LogP contribution < -0.4 is 0 Å². The van der Waals surface area contributed by atoms with E-state index in [0.29, 0.717) is 0 Å². The third kappa shape index (κ3) is 4.88. The molecule has 0 aromatic carbocycles. The second kappa shape index (κ2) is 3.08. The van der Waals surface area contributed by atoms with Crippen LogP contribution in [-0.2, 0) is 0 Å². The molecule has 0 saturated carbocycles. The van der Waals surface area contributed by atoms with Crippen molar-refractivity contribution in [1.29, 1.82) is 5.26 Å². The average Bonchev–Trinajstić information content (AvgIpc) is 1.38. The maximum atomic E-state index is 7.83. The highest BCUT2D eigenvalue weighted by molar-refractivity contribution is 9.70. The van der Waals surface area contributed by atoms with Gasteiger partial charge in [0, 0.05) is 0 Å². The molecular weight excluding hydrogens is 217 g/mol. The van der Waals surface area contributed by atoms with Crippen molar-refractivity contribution in [3.63, 3.8) is 0 Å². The molecule has 0 fully saturated rings. The molecule has 1 nitrogen and oxygen atoms in total. The van der Waals surface area contributed by atoms with E-state index < -0.39 is 5.33 Å². The minimum Gasteiger partial charge on any atom is -0.192 e. The summed E-state index contributed by atoms with van der Waals surface area (Å²) in [6.45, 7) is 0. The maximum Gasteiger partial charge on any atom is 0.141 e. The molecule has 0 N–H and O–H groups in total. The molecule has 0 rings (SSSR count). The van der Waals surface area contributed by atoms with Crippen molar-refractivity contribution in [1.82, 2.24) is 0 Å². The lowest BCUT2D eigenvalue weighted by molar-refractivity contribution is 1.57. The second-order valence-corrected chi connectivity index (χ2v) is 8.11. The summed E-state index contributed by atoms with van der Waals surface area (Å²) in [7, 11) is 0. The summed E-state index contributed by atoms with van der Waals surface area (Å²) in [5.41, 5.74) is 0. The van der Waals surface area contributed by atoms with Gasteiger partial charge in [-0.05, 0) is 31.0 Å². The first-order valence-electron chi connectivity index (χ1n) is 0.785. The van der Waals surface area contributed by atoms with Crippen LogP contribution in [0.5, 0.6) is 0 Å². The molecule has 0 radical (unpaired) electrons. The number of hydrogen-bond donors (Lipinski definition) is 0. The van der Waals surface area contributed by atoms with Crippen LogP contribution in [0.15, 0.2) is 0 Å². The molecule has 0 spiro atoms. The van der Waals surface area contributed by atoms with E-state index in [1.54, 1.807) is 0 Å². The van der Waals surface area contributed by atoms with Crippen molar-refractivity contribution in [2.24, 2.45) is 0 Å². The Kier molecular flexibility index (Phi) is 3.63. The van der Waals surface area contributed by atoms with Gasteiger partial charge < -0.3 is 0 Å². The largest absolute Gasteiger partial charge is 0.192 e. The van der Waals surface area contributed by atoms with E-state index in [2.05, 4.69) is 31.0 Å². The molecule has 4 heteroatoms. The molecule has 0 aliphatic carbocycles. The van der Waals surface area contributed by atoms with Crippen molar-refractivity contribution in [2.45, 2.75) is 0 Å². The lowest BCUT2D eigenvalue weighted by atomic mass is 11.8. The number of hydrogen-bond acceptors (Lipinski definition) is 1. The van der Waals surface area contributed by atoms with Gasteiger partial charge in [-0.15, -0.1) is 0 Å². The van der Waals surface area contributed by atoms with E-state index in [4.69, 9.17) is 5.26 Å². The first-order valence-corrected chi connectivity index (χ1v) is 6.16. The van der Waals surface area contributed by atoms with E-state index >= 15 is 0 Å². The lowest BCUT2D eigenvalue weighted by Crippen LogP contribution is -1.20. The average molecular weight is 217 g/mol. The highest BCUT2D eigenvalue weighted by Gasteiger charge is 1.85. The molecule has 0 bridgehead atoms. The third-order valence-corrected chi connectivity index (χ3v) is 1.18. The molecule has 5 heavy (non-hydrogen) atoms. The topological polar surface area (TPSA) is 23.8 Å². The van der Waals surface area contributed by atoms with E-state index in [9.17, 15) is 0 Å². The Bertz CT molecular complexity index is 55.2. The number of halogens is 2. The Morgan fingerprint density at radius 2 is 1.80 bits per heavy atom. The smallest absolute Gasteiger partial charge is 0.141 e. The van der Waals surface area contributed by atoms with Gasteiger partial charge >= 0.3 is 0 Å². The van der Waals surface area contributed by atoms with E-state index in [0.717, 1.165) is 0 Å². The van der Waals surface area contributed by atoms with Crippen LogP contribution in [-0.4, -0.2) is 0 Å². The molecule has 0 aromatic heterocycles. The fourth-order valence-electron chi connectivity index (χ4n) is 0. The Balaban J connectivity index is 2.94. The highest BCUT2D eigenvalue weighted by atomic mass is 79.9. The van der Waals surface area contributed by atoms with Gasteiger partial charge in [0.2, 0.25) is 0 Å². The monoisotopic (exact) mass is 215 g/mol. The normalized spacial score (nSPS) is 7.60. The fourth-order valence-corrected chi connectivity index (χ4v) is 0. The van der Waals surface area contributed by atoms with Gasteiger partial charge in [0.1, 0.15) is 11.1 Å². The molecule has 0 heterocycles. The van der Waals surface area contributed by atoms with E-state index in [1.807, 2.05) is 5.81 Å². The first kappa shape index (κ1) is 5.88. The molecule has 28 valence electrons. The second-order valence-electron chi connectivity index (χ2n) is 0.333. The van der Waals surface area contributed by atoms with Crippen LogP contribution in [0.1, 0.15) is 0 Å². The SMILES string of the molecule is N#CP(Br)Br. The predicted octanol–water partition coefficient (Wildman–Crippen LogP) is 2.57. The first-order chi connectivity index (χ1) is 2.27. The molecule has 0 unspecified atom stereocenters. The Morgan fingerprint density at radius 1 is 1.60 bits per heavy atom. The van der Waals surface area contributed by atoms with Gasteiger partial charge in [-0.25, -0.2) is 0 Å². The zero-order valence-electron chi connectivity index (χ0n) is 2.15. The van der Waals surface area contributed by atoms with Crippen LogP contribution in [0.25, 0.3) is 0 Å². The molecule has 0 aliphatic heterocycles. The Labute approximate surface area is 47.6 Å². The van der Waals surface area contributed by atoms with Crippen LogP contribution in [0, 0.1) is 11.1 Å². The van der Waals surface area contributed by atoms with Crippen LogP contribution in [0.4, 0.5) is 0 Å². The number of nitrogens with zero attached hydrogens (tertiary/aromatic N) is 1. The van der Waals surface area contributed by atoms with Gasteiger partial charge in [0.05, 0.1) is 0 Å². The van der Waals surface area contributed by atoms with Gasteiger partial charge in [0.25, 0.3) is 0 Å². The third-order valence-electron chi connectivity index (χ3n) is 0.0756. The van der Waals surface area contributed by atoms with Gasteiger partial charge in [0.15, 0.2) is 0 Å². The molecule has 0 saturated heterocycles. The van der Waals surface area contributed by atoms with Crippen molar-refractivity contribution in [3.8, 4) is 5.81 Å². The molecule has 0 amide bonds.